The number of amides is 1. The number of rotatable bonds is 5. The van der Waals surface area contributed by atoms with Gasteiger partial charge in [-0.2, -0.15) is 0 Å². The van der Waals surface area contributed by atoms with E-state index in [0.29, 0.717) is 12.3 Å². The van der Waals surface area contributed by atoms with Crippen molar-refractivity contribution < 1.29 is 13.9 Å². The minimum Gasteiger partial charge on any atom is -0.467 e. The number of methoxy groups -OCH3 is 1. The first-order valence-electron chi connectivity index (χ1n) is 4.28. The molecular formula is C9H14N2O3. The number of hydrogen-bond acceptors (Lipinski definition) is 4. The molecule has 1 atom stereocenters. The predicted octanol–water partition coefficient (Wildman–Crippen LogP) is -0.130. The SMILES string of the molecule is COCC(N)C(=O)NCc1ccco1. The van der Waals surface area contributed by atoms with E-state index >= 15 is 0 Å². The number of nitrogens with one attached hydrogen (secondary N) is 1. The third kappa shape index (κ3) is 3.20. The molecule has 0 saturated heterocycles. The first-order valence-corrected chi connectivity index (χ1v) is 4.28. The van der Waals surface area contributed by atoms with Crippen molar-refractivity contribution in [2.45, 2.75) is 12.6 Å². The molecule has 1 aromatic heterocycles. The van der Waals surface area contributed by atoms with Crippen molar-refractivity contribution in [3.63, 3.8) is 0 Å². The highest BCUT2D eigenvalue weighted by Crippen LogP contribution is 1.98. The number of ether oxygens (including phenoxy) is 1. The standard InChI is InChI=1S/C9H14N2O3/c1-13-6-8(10)9(12)11-5-7-3-2-4-14-7/h2-4,8H,5-6,10H2,1H3,(H,11,12). The van der Waals surface area contributed by atoms with E-state index in [1.807, 2.05) is 0 Å². The molecule has 0 fully saturated rings. The van der Waals surface area contributed by atoms with Crippen LogP contribution in [-0.2, 0) is 16.1 Å². The second kappa shape index (κ2) is 5.41. The van der Waals surface area contributed by atoms with Gasteiger partial charge in [-0.15, -0.1) is 0 Å². The lowest BCUT2D eigenvalue weighted by molar-refractivity contribution is -0.123. The molecule has 0 aliphatic carbocycles. The van der Waals surface area contributed by atoms with Crippen molar-refractivity contribution in [2.75, 3.05) is 13.7 Å². The number of nitrogens with two attached hydrogens (primary N) is 1. The zero-order valence-electron chi connectivity index (χ0n) is 8.03. The molecule has 1 unspecified atom stereocenters. The normalized spacial score (nSPS) is 12.4. The first-order chi connectivity index (χ1) is 6.74. The molecule has 5 nitrogen and oxygen atoms in total. The molecule has 0 aromatic carbocycles. The molecule has 0 aliphatic rings. The average Bonchev–Trinajstić information content (AvgIpc) is 2.67. The zero-order chi connectivity index (χ0) is 10.4. The fourth-order valence-corrected chi connectivity index (χ4v) is 0.974. The van der Waals surface area contributed by atoms with Gasteiger partial charge in [-0.3, -0.25) is 4.79 Å². The van der Waals surface area contributed by atoms with Crippen LogP contribution in [0.5, 0.6) is 0 Å². The summed E-state index contributed by atoms with van der Waals surface area (Å²) in [4.78, 5) is 11.3. The van der Waals surface area contributed by atoms with Crippen LogP contribution in [0.2, 0.25) is 0 Å². The van der Waals surface area contributed by atoms with E-state index in [4.69, 9.17) is 14.9 Å². The van der Waals surface area contributed by atoms with Crippen LogP contribution in [0.15, 0.2) is 22.8 Å². The molecule has 0 spiro atoms. The molecule has 0 radical (unpaired) electrons. The quantitative estimate of drug-likeness (QED) is 0.690. The highest BCUT2D eigenvalue weighted by Gasteiger charge is 2.12. The topological polar surface area (TPSA) is 77.5 Å². The van der Waals surface area contributed by atoms with Gasteiger partial charge in [0.25, 0.3) is 0 Å². The van der Waals surface area contributed by atoms with Crippen LogP contribution in [0.4, 0.5) is 0 Å². The van der Waals surface area contributed by atoms with Crippen molar-refractivity contribution in [3.8, 4) is 0 Å². The van der Waals surface area contributed by atoms with Gasteiger partial charge >= 0.3 is 0 Å². The molecule has 14 heavy (non-hydrogen) atoms. The minimum absolute atomic E-state index is 0.212. The number of hydrogen-bond donors (Lipinski definition) is 2. The van der Waals surface area contributed by atoms with Gasteiger partial charge in [0.15, 0.2) is 0 Å². The van der Waals surface area contributed by atoms with Gasteiger partial charge in [0.1, 0.15) is 11.8 Å². The molecule has 5 heteroatoms. The van der Waals surface area contributed by atoms with Crippen molar-refractivity contribution in [1.29, 1.82) is 0 Å². The summed E-state index contributed by atoms with van der Waals surface area (Å²) in [5.74, 6) is 0.450. The Hall–Kier alpha value is -1.33. The van der Waals surface area contributed by atoms with Gasteiger partial charge in [0, 0.05) is 7.11 Å². The van der Waals surface area contributed by atoms with Crippen LogP contribution in [0.1, 0.15) is 5.76 Å². The molecule has 0 saturated carbocycles. The molecule has 78 valence electrons. The summed E-state index contributed by atoms with van der Waals surface area (Å²) in [6.07, 6.45) is 1.55. The van der Waals surface area contributed by atoms with Gasteiger partial charge in [0.05, 0.1) is 19.4 Å². The van der Waals surface area contributed by atoms with E-state index in [1.165, 1.54) is 7.11 Å². The number of carbonyl (C=O) groups excluding carboxylic acids is 1. The highest BCUT2D eigenvalue weighted by molar-refractivity contribution is 5.81. The lowest BCUT2D eigenvalue weighted by Gasteiger charge is -2.09. The molecule has 1 heterocycles. The Kier molecular flexibility index (Phi) is 4.15. The van der Waals surface area contributed by atoms with Crippen LogP contribution in [0, 0.1) is 0 Å². The second-order valence-electron chi connectivity index (χ2n) is 2.86. The van der Waals surface area contributed by atoms with E-state index in [2.05, 4.69) is 5.32 Å². The monoisotopic (exact) mass is 198 g/mol. The van der Waals surface area contributed by atoms with Crippen molar-refractivity contribution >= 4 is 5.91 Å². The molecule has 1 aromatic rings. The van der Waals surface area contributed by atoms with Gasteiger partial charge in [0.2, 0.25) is 5.91 Å². The molecule has 3 N–H and O–H groups in total. The van der Waals surface area contributed by atoms with Gasteiger partial charge < -0.3 is 20.2 Å². The first kappa shape index (κ1) is 10.7. The Morgan fingerprint density at radius 2 is 2.57 bits per heavy atom. The predicted molar refractivity (Wildman–Crippen MR) is 50.4 cm³/mol. The Morgan fingerprint density at radius 3 is 3.14 bits per heavy atom. The maximum atomic E-state index is 11.3. The van der Waals surface area contributed by atoms with E-state index in [1.54, 1.807) is 18.4 Å². The van der Waals surface area contributed by atoms with Gasteiger partial charge in [-0.1, -0.05) is 0 Å². The lowest BCUT2D eigenvalue weighted by Crippen LogP contribution is -2.43. The molecule has 1 rings (SSSR count). The third-order valence-electron chi connectivity index (χ3n) is 1.70. The summed E-state index contributed by atoms with van der Waals surface area (Å²) < 4.78 is 9.79. The van der Waals surface area contributed by atoms with Crippen LogP contribution >= 0.6 is 0 Å². The summed E-state index contributed by atoms with van der Waals surface area (Å²) in [6, 6.07) is 2.91. The van der Waals surface area contributed by atoms with Gasteiger partial charge in [-0.25, -0.2) is 0 Å². The largest absolute Gasteiger partial charge is 0.467 e. The molecule has 1 amide bonds. The maximum Gasteiger partial charge on any atom is 0.239 e. The maximum absolute atomic E-state index is 11.3. The lowest BCUT2D eigenvalue weighted by atomic mass is 10.3. The fraction of sp³-hybridized carbons (Fsp3) is 0.444. The summed E-state index contributed by atoms with van der Waals surface area (Å²) >= 11 is 0. The molecular weight excluding hydrogens is 184 g/mol. The third-order valence-corrected chi connectivity index (χ3v) is 1.70. The van der Waals surface area contributed by atoms with Crippen molar-refractivity contribution in [3.05, 3.63) is 24.2 Å². The van der Waals surface area contributed by atoms with Crippen molar-refractivity contribution in [1.82, 2.24) is 5.32 Å². The molecule has 0 aliphatic heterocycles. The van der Waals surface area contributed by atoms with E-state index in [-0.39, 0.29) is 12.5 Å². The summed E-state index contributed by atoms with van der Waals surface area (Å²) in [5, 5.41) is 2.63. The second-order valence-corrected chi connectivity index (χ2v) is 2.86. The summed E-state index contributed by atoms with van der Waals surface area (Å²) in [5.41, 5.74) is 5.50. The number of carbonyl (C=O) groups is 1. The smallest absolute Gasteiger partial charge is 0.239 e. The molecule has 0 bridgehead atoms. The van der Waals surface area contributed by atoms with E-state index in [9.17, 15) is 4.79 Å². The van der Waals surface area contributed by atoms with Crippen LogP contribution < -0.4 is 11.1 Å². The minimum atomic E-state index is -0.630. The van der Waals surface area contributed by atoms with Crippen LogP contribution in [-0.4, -0.2) is 25.7 Å². The van der Waals surface area contributed by atoms with Crippen molar-refractivity contribution in [2.24, 2.45) is 5.73 Å². The van der Waals surface area contributed by atoms with E-state index in [0.717, 1.165) is 0 Å². The summed E-state index contributed by atoms with van der Waals surface area (Å²) in [6.45, 7) is 0.563. The van der Waals surface area contributed by atoms with Crippen LogP contribution in [0.25, 0.3) is 0 Å². The Labute approximate surface area is 82.2 Å². The Morgan fingerprint density at radius 1 is 1.79 bits per heavy atom. The Bertz CT molecular complexity index is 272. The zero-order valence-corrected chi connectivity index (χ0v) is 8.03. The number of furan rings is 1. The van der Waals surface area contributed by atoms with Gasteiger partial charge in [-0.05, 0) is 12.1 Å². The summed E-state index contributed by atoms with van der Waals surface area (Å²) in [7, 11) is 1.50. The van der Waals surface area contributed by atoms with Crippen LogP contribution in [0.3, 0.4) is 0 Å². The Balaban J connectivity index is 2.27. The average molecular weight is 198 g/mol. The highest BCUT2D eigenvalue weighted by atomic mass is 16.5. The fourth-order valence-electron chi connectivity index (χ4n) is 0.974. The van der Waals surface area contributed by atoms with E-state index < -0.39 is 6.04 Å².